The number of aliphatic hydroxyl groups is 1. The lowest BCUT2D eigenvalue weighted by molar-refractivity contribution is 0.0866. The number of benzene rings is 2. The highest BCUT2D eigenvalue weighted by Crippen LogP contribution is 2.26. The number of aromatic nitrogens is 2. The summed E-state index contributed by atoms with van der Waals surface area (Å²) in [4.78, 5) is 25.5. The molecule has 6 heteroatoms. The van der Waals surface area contributed by atoms with Crippen molar-refractivity contribution in [2.45, 2.75) is 30.4 Å². The Morgan fingerprint density at radius 2 is 1.65 bits per heavy atom. The lowest BCUT2D eigenvalue weighted by Crippen LogP contribution is -2.51. The van der Waals surface area contributed by atoms with E-state index in [4.69, 9.17) is 0 Å². The molecule has 0 amide bonds. The van der Waals surface area contributed by atoms with Gasteiger partial charge in [0.1, 0.15) is 0 Å². The predicted octanol–water partition coefficient (Wildman–Crippen LogP) is 2.02. The van der Waals surface area contributed by atoms with Crippen LogP contribution in [0.2, 0.25) is 0 Å². The van der Waals surface area contributed by atoms with Crippen LogP contribution in [0.5, 0.6) is 0 Å². The van der Waals surface area contributed by atoms with Gasteiger partial charge in [-0.05, 0) is 29.8 Å². The van der Waals surface area contributed by atoms with E-state index >= 15 is 0 Å². The Labute approximate surface area is 139 Å². The summed E-state index contributed by atoms with van der Waals surface area (Å²) in [5, 5.41) is 12.8. The molecule has 0 aliphatic carbocycles. The highest BCUT2D eigenvalue weighted by Gasteiger charge is 2.33. The maximum atomic E-state index is 12.9. The predicted molar refractivity (Wildman–Crippen MR) is 93.4 cm³/mol. The summed E-state index contributed by atoms with van der Waals surface area (Å²) in [6.07, 6.45) is -0.708. The zero-order valence-electron chi connectivity index (χ0n) is 12.4. The van der Waals surface area contributed by atoms with Crippen LogP contribution in [-0.4, -0.2) is 25.4 Å². The Morgan fingerprint density at radius 1 is 1.09 bits per heavy atom. The van der Waals surface area contributed by atoms with Crippen molar-refractivity contribution in [1.82, 2.24) is 9.36 Å². The standard InChI is InChI=1S/C17H15BrN2O3/c1-9-15(18)14(21)8-19-16(22)12-6-10-4-2-3-5-11(10)7-13(12)17(23)20(9)19/h2-7,9,14-15,21H,8H2,1H3/t9?,14-,15?/m1/s1. The molecule has 4 rings (SSSR count). The molecule has 23 heavy (non-hydrogen) atoms. The maximum Gasteiger partial charge on any atom is 0.273 e. The normalized spacial score (nSPS) is 24.0. The van der Waals surface area contributed by atoms with Gasteiger partial charge in [-0.3, -0.25) is 9.59 Å². The molecule has 2 unspecified atom stereocenters. The molecule has 3 aromatic rings. The molecule has 2 aromatic carbocycles. The van der Waals surface area contributed by atoms with Gasteiger partial charge in [0.05, 0.1) is 34.3 Å². The molecule has 1 N–H and O–H groups in total. The first kappa shape index (κ1) is 14.7. The van der Waals surface area contributed by atoms with E-state index in [0.717, 1.165) is 10.8 Å². The second kappa shape index (κ2) is 5.04. The fraction of sp³-hybridized carbons (Fsp3) is 0.294. The van der Waals surface area contributed by atoms with Crippen LogP contribution in [-0.2, 0) is 6.54 Å². The molecule has 0 saturated carbocycles. The third kappa shape index (κ3) is 2.01. The van der Waals surface area contributed by atoms with E-state index in [2.05, 4.69) is 15.9 Å². The molecule has 0 spiro atoms. The minimum absolute atomic E-state index is 0.108. The van der Waals surface area contributed by atoms with Crippen molar-refractivity contribution in [2.75, 3.05) is 0 Å². The van der Waals surface area contributed by atoms with Crippen LogP contribution >= 0.6 is 15.9 Å². The van der Waals surface area contributed by atoms with Crippen molar-refractivity contribution < 1.29 is 5.11 Å². The number of fused-ring (bicyclic) bond motifs is 3. The molecule has 1 aliphatic rings. The lowest BCUT2D eigenvalue weighted by atomic mass is 10.0. The third-order valence-electron chi connectivity index (χ3n) is 4.62. The van der Waals surface area contributed by atoms with Crippen LogP contribution < -0.4 is 11.1 Å². The van der Waals surface area contributed by atoms with Crippen molar-refractivity contribution in [1.29, 1.82) is 0 Å². The molecule has 1 aliphatic heterocycles. The number of rotatable bonds is 0. The largest absolute Gasteiger partial charge is 0.390 e. The Kier molecular flexibility index (Phi) is 3.21. The van der Waals surface area contributed by atoms with Crippen molar-refractivity contribution >= 4 is 37.5 Å². The number of aliphatic hydroxyl groups excluding tert-OH is 1. The fourth-order valence-electron chi connectivity index (χ4n) is 3.37. The lowest BCUT2D eigenvalue weighted by Gasteiger charge is -2.34. The van der Waals surface area contributed by atoms with E-state index in [1.807, 2.05) is 31.2 Å². The molecule has 0 bridgehead atoms. The van der Waals surface area contributed by atoms with Gasteiger partial charge < -0.3 is 5.11 Å². The number of nitrogens with zero attached hydrogens (tertiary/aromatic N) is 2. The average molecular weight is 375 g/mol. The van der Waals surface area contributed by atoms with E-state index in [0.29, 0.717) is 10.8 Å². The summed E-state index contributed by atoms with van der Waals surface area (Å²) in [5.41, 5.74) is -0.440. The quantitative estimate of drug-likeness (QED) is 0.483. The van der Waals surface area contributed by atoms with E-state index < -0.39 is 6.10 Å². The number of alkyl halides is 1. The smallest absolute Gasteiger partial charge is 0.273 e. The average Bonchev–Trinajstić information content (AvgIpc) is 2.56. The van der Waals surface area contributed by atoms with Crippen LogP contribution in [0.25, 0.3) is 21.5 Å². The van der Waals surface area contributed by atoms with Gasteiger partial charge in [0.25, 0.3) is 11.1 Å². The monoisotopic (exact) mass is 374 g/mol. The van der Waals surface area contributed by atoms with Gasteiger partial charge >= 0.3 is 0 Å². The van der Waals surface area contributed by atoms with Gasteiger partial charge in [-0.2, -0.15) is 0 Å². The summed E-state index contributed by atoms with van der Waals surface area (Å²) in [7, 11) is 0. The molecule has 3 atom stereocenters. The minimum atomic E-state index is -0.708. The Balaban J connectivity index is 2.17. The fourth-order valence-corrected chi connectivity index (χ4v) is 3.77. The number of hydrogen-bond acceptors (Lipinski definition) is 3. The van der Waals surface area contributed by atoms with E-state index in [-0.39, 0.29) is 28.5 Å². The van der Waals surface area contributed by atoms with Crippen LogP contribution in [0.15, 0.2) is 46.0 Å². The summed E-state index contributed by atoms with van der Waals surface area (Å²) >= 11 is 3.43. The van der Waals surface area contributed by atoms with Gasteiger partial charge in [0, 0.05) is 0 Å². The summed E-state index contributed by atoms with van der Waals surface area (Å²) in [6, 6.07) is 10.9. The molecule has 0 radical (unpaired) electrons. The minimum Gasteiger partial charge on any atom is -0.390 e. The van der Waals surface area contributed by atoms with E-state index in [1.54, 1.807) is 12.1 Å². The van der Waals surface area contributed by atoms with Gasteiger partial charge in [-0.15, -0.1) is 0 Å². The molecule has 1 aromatic heterocycles. The zero-order chi connectivity index (χ0) is 16.3. The van der Waals surface area contributed by atoms with E-state index in [1.165, 1.54) is 9.36 Å². The highest BCUT2D eigenvalue weighted by atomic mass is 79.9. The maximum absolute atomic E-state index is 12.9. The first-order valence-corrected chi connectivity index (χ1v) is 8.41. The molecular formula is C17H15BrN2O3. The van der Waals surface area contributed by atoms with Crippen LogP contribution in [0, 0.1) is 0 Å². The summed E-state index contributed by atoms with van der Waals surface area (Å²) in [6.45, 7) is 1.93. The van der Waals surface area contributed by atoms with Crippen LogP contribution in [0.3, 0.4) is 0 Å². The second-order valence-corrected chi connectivity index (χ2v) is 7.09. The number of hydrogen-bond donors (Lipinski definition) is 1. The first-order chi connectivity index (χ1) is 11.0. The summed E-state index contributed by atoms with van der Waals surface area (Å²) < 4.78 is 2.83. The van der Waals surface area contributed by atoms with Crippen molar-refractivity contribution in [3.8, 4) is 0 Å². The Morgan fingerprint density at radius 3 is 2.26 bits per heavy atom. The molecule has 5 nitrogen and oxygen atoms in total. The third-order valence-corrected chi connectivity index (χ3v) is 6.00. The van der Waals surface area contributed by atoms with Crippen LogP contribution in [0.1, 0.15) is 13.0 Å². The molecule has 0 saturated heterocycles. The topological polar surface area (TPSA) is 64.2 Å². The molecule has 2 heterocycles. The molecule has 118 valence electrons. The molecular weight excluding hydrogens is 360 g/mol. The van der Waals surface area contributed by atoms with Crippen molar-refractivity contribution in [3.05, 3.63) is 57.1 Å². The highest BCUT2D eigenvalue weighted by molar-refractivity contribution is 9.09. The first-order valence-electron chi connectivity index (χ1n) is 7.49. The second-order valence-electron chi connectivity index (χ2n) is 6.03. The van der Waals surface area contributed by atoms with Gasteiger partial charge in [0.15, 0.2) is 0 Å². The Hall–Kier alpha value is -1.92. The SMILES string of the molecule is CC1C(Br)[C@H](O)Cn2c(=O)c3cc4ccccc4cc3c(=O)n21. The van der Waals surface area contributed by atoms with Crippen molar-refractivity contribution in [2.24, 2.45) is 0 Å². The zero-order valence-corrected chi connectivity index (χ0v) is 14.0. The van der Waals surface area contributed by atoms with Gasteiger partial charge in [-0.25, -0.2) is 9.36 Å². The molecule has 0 fully saturated rings. The van der Waals surface area contributed by atoms with Crippen LogP contribution in [0.4, 0.5) is 0 Å². The van der Waals surface area contributed by atoms with Crippen molar-refractivity contribution in [3.63, 3.8) is 0 Å². The van der Waals surface area contributed by atoms with Gasteiger partial charge in [0.2, 0.25) is 0 Å². The Bertz CT molecular complexity index is 1050. The number of halogens is 1. The van der Waals surface area contributed by atoms with Gasteiger partial charge in [-0.1, -0.05) is 40.2 Å². The summed E-state index contributed by atoms with van der Waals surface area (Å²) in [5.74, 6) is 0. The van der Waals surface area contributed by atoms with E-state index in [9.17, 15) is 14.7 Å².